The maximum atomic E-state index is 8.84. The molecule has 1 heterocycles. The van der Waals surface area contributed by atoms with Gasteiger partial charge in [0, 0.05) is 6.54 Å². The molecule has 0 aromatic carbocycles. The first-order valence-electron chi connectivity index (χ1n) is 6.37. The van der Waals surface area contributed by atoms with Gasteiger partial charge in [-0.15, -0.1) is 0 Å². The van der Waals surface area contributed by atoms with Crippen molar-refractivity contribution in [2.75, 3.05) is 19.6 Å². The highest BCUT2D eigenvalue weighted by atomic mass is 15.1. The van der Waals surface area contributed by atoms with Crippen molar-refractivity contribution in [2.45, 2.75) is 45.6 Å². The molecule has 0 bridgehead atoms. The van der Waals surface area contributed by atoms with Crippen molar-refractivity contribution in [3.05, 3.63) is 0 Å². The Hall–Kier alpha value is -0.590. The van der Waals surface area contributed by atoms with Crippen molar-refractivity contribution in [1.82, 2.24) is 4.90 Å². The van der Waals surface area contributed by atoms with Crippen LogP contribution in [-0.2, 0) is 0 Å². The molecule has 0 spiro atoms. The molecule has 0 aromatic heterocycles. The van der Waals surface area contributed by atoms with Crippen LogP contribution >= 0.6 is 0 Å². The van der Waals surface area contributed by atoms with Gasteiger partial charge in [0.25, 0.3) is 0 Å². The van der Waals surface area contributed by atoms with Crippen LogP contribution in [0.2, 0.25) is 0 Å². The molecule has 3 heteroatoms. The van der Waals surface area contributed by atoms with Crippen LogP contribution in [0.5, 0.6) is 0 Å². The molecule has 3 nitrogen and oxygen atoms in total. The quantitative estimate of drug-likeness (QED) is 0.793. The van der Waals surface area contributed by atoms with Gasteiger partial charge in [-0.2, -0.15) is 5.26 Å². The Kier molecular flexibility index (Phi) is 4.76. The third kappa shape index (κ3) is 4.11. The lowest BCUT2D eigenvalue weighted by molar-refractivity contribution is 0.152. The number of piperidine rings is 1. The Morgan fingerprint density at radius 1 is 1.44 bits per heavy atom. The van der Waals surface area contributed by atoms with E-state index < -0.39 is 5.54 Å². The molecule has 1 saturated heterocycles. The molecule has 1 fully saturated rings. The van der Waals surface area contributed by atoms with Gasteiger partial charge in [0.1, 0.15) is 5.54 Å². The van der Waals surface area contributed by atoms with Crippen molar-refractivity contribution in [1.29, 1.82) is 5.26 Å². The van der Waals surface area contributed by atoms with Crippen LogP contribution in [0, 0.1) is 23.2 Å². The second kappa shape index (κ2) is 5.65. The minimum absolute atomic E-state index is 0.658. The Morgan fingerprint density at radius 2 is 2.00 bits per heavy atom. The second-order valence-electron chi connectivity index (χ2n) is 5.70. The number of nitriles is 1. The Balaban J connectivity index is 2.26. The third-order valence-electron chi connectivity index (χ3n) is 3.78. The number of hydrogen-bond acceptors (Lipinski definition) is 3. The van der Waals surface area contributed by atoms with Gasteiger partial charge in [-0.05, 0) is 51.1 Å². The molecule has 0 aliphatic carbocycles. The van der Waals surface area contributed by atoms with Crippen LogP contribution in [0.3, 0.4) is 0 Å². The first kappa shape index (κ1) is 13.5. The highest BCUT2D eigenvalue weighted by molar-refractivity contribution is 5.01. The van der Waals surface area contributed by atoms with Gasteiger partial charge in [-0.3, -0.25) is 0 Å². The first-order valence-corrected chi connectivity index (χ1v) is 6.37. The van der Waals surface area contributed by atoms with E-state index in [0.717, 1.165) is 24.8 Å². The average Bonchev–Trinajstić information content (AvgIpc) is 2.27. The maximum Gasteiger partial charge on any atom is 0.102 e. The van der Waals surface area contributed by atoms with E-state index in [1.165, 1.54) is 25.9 Å². The van der Waals surface area contributed by atoms with Crippen molar-refractivity contribution in [3.8, 4) is 6.07 Å². The van der Waals surface area contributed by atoms with E-state index in [0.29, 0.717) is 0 Å². The highest BCUT2D eigenvalue weighted by Gasteiger charge is 2.23. The largest absolute Gasteiger partial charge is 0.314 e. The number of nitrogens with two attached hydrogens (primary N) is 1. The average molecular weight is 223 g/mol. The molecule has 2 N–H and O–H groups in total. The van der Waals surface area contributed by atoms with Gasteiger partial charge in [0.05, 0.1) is 6.07 Å². The van der Waals surface area contributed by atoms with Crippen LogP contribution in [0.1, 0.15) is 40.0 Å². The molecule has 0 aromatic rings. The molecule has 1 aliphatic heterocycles. The fourth-order valence-electron chi connectivity index (χ4n) is 2.29. The zero-order valence-electron chi connectivity index (χ0n) is 10.9. The molecule has 1 atom stereocenters. The lowest BCUT2D eigenvalue weighted by atomic mass is 9.86. The summed E-state index contributed by atoms with van der Waals surface area (Å²) in [7, 11) is 0. The number of hydrogen-bond donors (Lipinski definition) is 1. The zero-order chi connectivity index (χ0) is 12.2. The van der Waals surface area contributed by atoms with E-state index in [4.69, 9.17) is 11.0 Å². The van der Waals surface area contributed by atoms with Gasteiger partial charge >= 0.3 is 0 Å². The van der Waals surface area contributed by atoms with E-state index >= 15 is 0 Å². The molecule has 1 unspecified atom stereocenters. The summed E-state index contributed by atoms with van der Waals surface area (Å²) in [6.45, 7) is 9.74. The van der Waals surface area contributed by atoms with Gasteiger partial charge in [0.15, 0.2) is 0 Å². The van der Waals surface area contributed by atoms with Crippen LogP contribution in [0.25, 0.3) is 0 Å². The smallest absolute Gasteiger partial charge is 0.102 e. The first-order chi connectivity index (χ1) is 7.44. The van der Waals surface area contributed by atoms with Gasteiger partial charge < -0.3 is 10.6 Å². The van der Waals surface area contributed by atoms with Gasteiger partial charge in [-0.1, -0.05) is 13.8 Å². The minimum Gasteiger partial charge on any atom is -0.314 e. The summed E-state index contributed by atoms with van der Waals surface area (Å²) in [5, 5.41) is 8.84. The highest BCUT2D eigenvalue weighted by Crippen LogP contribution is 2.24. The van der Waals surface area contributed by atoms with E-state index in [9.17, 15) is 0 Å². The van der Waals surface area contributed by atoms with Crippen molar-refractivity contribution in [3.63, 3.8) is 0 Å². The van der Waals surface area contributed by atoms with Crippen molar-refractivity contribution < 1.29 is 0 Å². The third-order valence-corrected chi connectivity index (χ3v) is 3.78. The summed E-state index contributed by atoms with van der Waals surface area (Å²) >= 11 is 0. The summed E-state index contributed by atoms with van der Waals surface area (Å²) < 4.78 is 0. The molecular formula is C13H25N3. The zero-order valence-corrected chi connectivity index (χ0v) is 10.9. The topological polar surface area (TPSA) is 53.0 Å². The summed E-state index contributed by atoms with van der Waals surface area (Å²) in [6.07, 6.45) is 3.37. The summed E-state index contributed by atoms with van der Waals surface area (Å²) in [4.78, 5) is 2.45. The van der Waals surface area contributed by atoms with E-state index in [1.54, 1.807) is 0 Å². The monoisotopic (exact) mass is 223 g/mol. The summed E-state index contributed by atoms with van der Waals surface area (Å²) in [6, 6.07) is 2.16. The van der Waals surface area contributed by atoms with Crippen molar-refractivity contribution >= 4 is 0 Å². The summed E-state index contributed by atoms with van der Waals surface area (Å²) in [5.74, 6) is 1.69. The van der Waals surface area contributed by atoms with Crippen LogP contribution in [-0.4, -0.2) is 30.1 Å². The molecule has 0 saturated carbocycles. The predicted molar refractivity (Wildman–Crippen MR) is 66.8 cm³/mol. The Bertz CT molecular complexity index is 244. The molecular weight excluding hydrogens is 198 g/mol. The second-order valence-corrected chi connectivity index (χ2v) is 5.70. The molecule has 92 valence electrons. The number of likely N-dealkylation sites (tertiary alicyclic amines) is 1. The molecule has 1 aliphatic rings. The number of rotatable bonds is 4. The van der Waals surface area contributed by atoms with E-state index in [2.05, 4.69) is 24.8 Å². The van der Waals surface area contributed by atoms with E-state index in [-0.39, 0.29) is 0 Å². The van der Waals surface area contributed by atoms with Gasteiger partial charge in [-0.25, -0.2) is 0 Å². The molecule has 0 amide bonds. The fourth-order valence-corrected chi connectivity index (χ4v) is 2.29. The van der Waals surface area contributed by atoms with Crippen LogP contribution in [0.15, 0.2) is 0 Å². The lowest BCUT2D eigenvalue weighted by Crippen LogP contribution is -2.42. The Morgan fingerprint density at radius 3 is 2.44 bits per heavy atom. The normalized spacial score (nSPS) is 23.0. The number of nitrogens with zero attached hydrogens (tertiary/aromatic N) is 2. The molecule has 1 rings (SSSR count). The SMILES string of the molecule is CC(C)C1CCN(CCC(C)(N)C#N)CC1. The Labute approximate surface area is 99.6 Å². The standard InChI is InChI=1S/C13H25N3/c1-11(2)12-4-7-16(8-5-12)9-6-13(3,15)10-14/h11-12H,4-9,15H2,1-3H3. The molecule has 0 radical (unpaired) electrons. The van der Waals surface area contributed by atoms with Crippen LogP contribution < -0.4 is 5.73 Å². The fraction of sp³-hybridized carbons (Fsp3) is 0.923. The summed E-state index contributed by atoms with van der Waals surface area (Å²) in [5.41, 5.74) is 5.16. The van der Waals surface area contributed by atoms with Gasteiger partial charge in [0.2, 0.25) is 0 Å². The van der Waals surface area contributed by atoms with Crippen molar-refractivity contribution in [2.24, 2.45) is 17.6 Å². The lowest BCUT2D eigenvalue weighted by Gasteiger charge is -2.34. The van der Waals surface area contributed by atoms with E-state index in [1.807, 2.05) is 6.92 Å². The van der Waals surface area contributed by atoms with Crippen LogP contribution in [0.4, 0.5) is 0 Å². The minimum atomic E-state index is -0.658. The predicted octanol–water partition coefficient (Wildman–Crippen LogP) is 1.99. The molecule has 16 heavy (non-hydrogen) atoms. The maximum absolute atomic E-state index is 8.84.